The fraction of sp³-hybridized carbons (Fsp3) is 0. The molecule has 106 valence electrons. The van der Waals surface area contributed by atoms with Crippen LogP contribution < -0.4 is 16.2 Å². The number of primary sulfonamides is 1. The summed E-state index contributed by atoms with van der Waals surface area (Å²) >= 11 is 5.66. The molecule has 0 aliphatic carbocycles. The number of nitrogens with two attached hydrogens (primary N) is 2. The summed E-state index contributed by atoms with van der Waals surface area (Å²) in [4.78, 5) is -0.117. The number of halogens is 2. The van der Waals surface area contributed by atoms with Crippen LogP contribution in [0.15, 0.2) is 41.3 Å². The summed E-state index contributed by atoms with van der Waals surface area (Å²) in [5.41, 5.74) is 6.73. The standard InChI is InChI=1S/C12H11ClFN3O2S/c13-11-6-8(1-2-12(11)14)17-9-3-7(15)4-10(5-9)20(16,18)19/h1-6,17H,15H2,(H2,16,18,19). The monoisotopic (exact) mass is 315 g/mol. The summed E-state index contributed by atoms with van der Waals surface area (Å²) in [5.74, 6) is -0.546. The van der Waals surface area contributed by atoms with Crippen molar-refractivity contribution in [1.29, 1.82) is 0 Å². The van der Waals surface area contributed by atoms with Crippen LogP contribution >= 0.6 is 11.6 Å². The zero-order valence-corrected chi connectivity index (χ0v) is 11.7. The third kappa shape index (κ3) is 3.38. The first kappa shape index (κ1) is 14.6. The molecule has 5 N–H and O–H groups in total. The van der Waals surface area contributed by atoms with Crippen LogP contribution in [0.3, 0.4) is 0 Å². The maximum atomic E-state index is 13.0. The number of anilines is 3. The van der Waals surface area contributed by atoms with Crippen LogP contribution in [0.2, 0.25) is 5.02 Å². The van der Waals surface area contributed by atoms with E-state index in [1.54, 1.807) is 0 Å². The Bertz CT molecular complexity index is 765. The summed E-state index contributed by atoms with van der Waals surface area (Å²) in [6, 6.07) is 8.11. The quantitative estimate of drug-likeness (QED) is 0.758. The Morgan fingerprint density at radius 3 is 2.40 bits per heavy atom. The van der Waals surface area contributed by atoms with Crippen molar-refractivity contribution in [3.05, 3.63) is 47.2 Å². The molecule has 2 aromatic carbocycles. The molecule has 0 heterocycles. The van der Waals surface area contributed by atoms with Gasteiger partial charge in [0, 0.05) is 17.1 Å². The normalized spacial score (nSPS) is 11.3. The zero-order valence-electron chi connectivity index (χ0n) is 10.1. The topological polar surface area (TPSA) is 98.2 Å². The average Bonchev–Trinajstić information content (AvgIpc) is 2.32. The highest BCUT2D eigenvalue weighted by Crippen LogP contribution is 2.25. The molecule has 0 fully saturated rings. The van der Waals surface area contributed by atoms with Gasteiger partial charge in [-0.3, -0.25) is 0 Å². The third-order valence-corrected chi connectivity index (χ3v) is 3.65. The Morgan fingerprint density at radius 2 is 1.80 bits per heavy atom. The molecule has 0 bridgehead atoms. The second kappa shape index (κ2) is 5.28. The van der Waals surface area contributed by atoms with Gasteiger partial charge in [-0.25, -0.2) is 17.9 Å². The maximum absolute atomic E-state index is 13.0. The fourth-order valence-electron chi connectivity index (χ4n) is 1.60. The third-order valence-electron chi connectivity index (χ3n) is 2.47. The number of nitrogen functional groups attached to an aromatic ring is 1. The van der Waals surface area contributed by atoms with Crippen molar-refractivity contribution in [3.8, 4) is 0 Å². The van der Waals surface area contributed by atoms with Crippen LogP contribution in [0.1, 0.15) is 0 Å². The largest absolute Gasteiger partial charge is 0.399 e. The minimum atomic E-state index is -3.86. The number of hydrogen-bond acceptors (Lipinski definition) is 4. The summed E-state index contributed by atoms with van der Waals surface area (Å²) in [6.07, 6.45) is 0. The van der Waals surface area contributed by atoms with Crippen molar-refractivity contribution in [3.63, 3.8) is 0 Å². The second-order valence-electron chi connectivity index (χ2n) is 4.09. The number of rotatable bonds is 3. The summed E-state index contributed by atoms with van der Waals surface area (Å²) in [7, 11) is -3.86. The summed E-state index contributed by atoms with van der Waals surface area (Å²) in [5, 5.41) is 7.87. The molecule has 0 atom stereocenters. The van der Waals surface area contributed by atoms with Crippen LogP contribution in [0.5, 0.6) is 0 Å². The molecular formula is C12H11ClFN3O2S. The van der Waals surface area contributed by atoms with Gasteiger partial charge in [0.15, 0.2) is 0 Å². The molecule has 5 nitrogen and oxygen atoms in total. The molecule has 20 heavy (non-hydrogen) atoms. The Hall–Kier alpha value is -1.83. The van der Waals surface area contributed by atoms with Crippen LogP contribution in [-0.4, -0.2) is 8.42 Å². The predicted molar refractivity (Wildman–Crippen MR) is 76.9 cm³/mol. The number of sulfonamides is 1. The molecule has 2 rings (SSSR count). The van der Waals surface area contributed by atoms with Crippen molar-refractivity contribution in [2.24, 2.45) is 5.14 Å². The Balaban J connectivity index is 2.38. The lowest BCUT2D eigenvalue weighted by molar-refractivity contribution is 0.598. The molecule has 2 aromatic rings. The van der Waals surface area contributed by atoms with E-state index in [1.165, 1.54) is 36.4 Å². The average molecular weight is 316 g/mol. The first-order valence-corrected chi connectivity index (χ1v) is 7.33. The van der Waals surface area contributed by atoms with Crippen molar-refractivity contribution < 1.29 is 12.8 Å². The van der Waals surface area contributed by atoms with Gasteiger partial charge in [0.05, 0.1) is 9.92 Å². The van der Waals surface area contributed by atoms with Gasteiger partial charge in [0.2, 0.25) is 10.0 Å². The SMILES string of the molecule is Nc1cc(Nc2ccc(F)c(Cl)c2)cc(S(N)(=O)=O)c1. The fourth-order valence-corrected chi connectivity index (χ4v) is 2.37. The van der Waals surface area contributed by atoms with E-state index in [1.807, 2.05) is 0 Å². The van der Waals surface area contributed by atoms with Gasteiger partial charge < -0.3 is 11.1 Å². The van der Waals surface area contributed by atoms with Crippen molar-refractivity contribution >= 4 is 38.7 Å². The molecule has 0 unspecified atom stereocenters. The van der Waals surface area contributed by atoms with Crippen molar-refractivity contribution in [1.82, 2.24) is 0 Å². The molecule has 0 radical (unpaired) electrons. The molecule has 0 saturated carbocycles. The van der Waals surface area contributed by atoms with Gasteiger partial charge in [-0.15, -0.1) is 0 Å². The van der Waals surface area contributed by atoms with E-state index in [2.05, 4.69) is 5.32 Å². The molecule has 0 spiro atoms. The number of benzene rings is 2. The highest BCUT2D eigenvalue weighted by atomic mass is 35.5. The van der Waals surface area contributed by atoms with Gasteiger partial charge >= 0.3 is 0 Å². The van der Waals surface area contributed by atoms with Gasteiger partial charge in [-0.2, -0.15) is 0 Å². The van der Waals surface area contributed by atoms with Crippen molar-refractivity contribution in [2.75, 3.05) is 11.1 Å². The van der Waals surface area contributed by atoms with Crippen LogP contribution in [0, 0.1) is 5.82 Å². The second-order valence-corrected chi connectivity index (χ2v) is 6.06. The van der Waals surface area contributed by atoms with Gasteiger partial charge in [-0.1, -0.05) is 11.6 Å². The number of nitrogens with one attached hydrogen (secondary N) is 1. The van der Waals surface area contributed by atoms with E-state index in [9.17, 15) is 12.8 Å². The lowest BCUT2D eigenvalue weighted by Gasteiger charge is -2.10. The van der Waals surface area contributed by atoms with Gasteiger partial charge in [0.25, 0.3) is 0 Å². The van der Waals surface area contributed by atoms with Gasteiger partial charge in [0.1, 0.15) is 5.82 Å². The first-order valence-electron chi connectivity index (χ1n) is 5.41. The van der Waals surface area contributed by atoms with Crippen LogP contribution in [-0.2, 0) is 10.0 Å². The Morgan fingerprint density at radius 1 is 1.10 bits per heavy atom. The number of hydrogen-bond donors (Lipinski definition) is 3. The maximum Gasteiger partial charge on any atom is 0.238 e. The molecule has 0 aromatic heterocycles. The van der Waals surface area contributed by atoms with E-state index in [0.29, 0.717) is 11.4 Å². The smallest absolute Gasteiger partial charge is 0.238 e. The minimum absolute atomic E-state index is 0.0504. The molecule has 0 amide bonds. The van der Waals surface area contributed by atoms with E-state index in [4.69, 9.17) is 22.5 Å². The zero-order chi connectivity index (χ0) is 14.9. The Kier molecular flexibility index (Phi) is 3.85. The lowest BCUT2D eigenvalue weighted by Crippen LogP contribution is -2.12. The molecular weight excluding hydrogens is 305 g/mol. The highest BCUT2D eigenvalue weighted by molar-refractivity contribution is 7.89. The summed E-state index contributed by atoms with van der Waals surface area (Å²) < 4.78 is 35.7. The van der Waals surface area contributed by atoms with Crippen molar-refractivity contribution in [2.45, 2.75) is 4.90 Å². The van der Waals surface area contributed by atoms with E-state index in [0.717, 1.165) is 0 Å². The van der Waals surface area contributed by atoms with E-state index in [-0.39, 0.29) is 15.6 Å². The highest BCUT2D eigenvalue weighted by Gasteiger charge is 2.10. The first-order chi connectivity index (χ1) is 9.25. The molecule has 0 saturated heterocycles. The predicted octanol–water partition coefficient (Wildman–Crippen LogP) is 2.45. The molecule has 0 aliphatic rings. The summed E-state index contributed by atoms with van der Waals surface area (Å²) in [6.45, 7) is 0. The van der Waals surface area contributed by atoms with E-state index >= 15 is 0 Å². The van der Waals surface area contributed by atoms with E-state index < -0.39 is 15.8 Å². The minimum Gasteiger partial charge on any atom is -0.399 e. The van der Waals surface area contributed by atoms with Crippen LogP contribution in [0.4, 0.5) is 21.5 Å². The molecule has 8 heteroatoms. The molecule has 0 aliphatic heterocycles. The van der Waals surface area contributed by atoms with Crippen LogP contribution in [0.25, 0.3) is 0 Å². The lowest BCUT2D eigenvalue weighted by atomic mass is 10.2. The van der Waals surface area contributed by atoms with Gasteiger partial charge in [-0.05, 0) is 36.4 Å². The Labute approximate surface area is 120 Å².